The fourth-order valence-corrected chi connectivity index (χ4v) is 3.63. The predicted molar refractivity (Wildman–Crippen MR) is 96.4 cm³/mol. The third kappa shape index (κ3) is 3.62. The normalized spacial score (nSPS) is 22.1. The topological polar surface area (TPSA) is 0 Å². The Morgan fingerprint density at radius 1 is 0.818 bits per heavy atom. The molecular weight excluding hydrogens is 288 g/mol. The van der Waals surface area contributed by atoms with Gasteiger partial charge in [0.2, 0.25) is 0 Å². The highest BCUT2D eigenvalue weighted by Gasteiger charge is 2.20. The van der Waals surface area contributed by atoms with Crippen LogP contribution >= 0.6 is 11.6 Å². The molecule has 2 aromatic rings. The standard InChI is InChI=1S/C21H23Cl/c1-2-3-16-4-6-17(7-5-16)18-8-10-19(11-9-18)20-12-14-21(22)15-13-20/h2-3,8-17H,4-7H2,1H3/b3-2+. The van der Waals surface area contributed by atoms with Crippen molar-refractivity contribution in [1.82, 2.24) is 0 Å². The van der Waals surface area contributed by atoms with Crippen molar-refractivity contribution < 1.29 is 0 Å². The number of hydrogen-bond acceptors (Lipinski definition) is 0. The van der Waals surface area contributed by atoms with Crippen LogP contribution in [0.5, 0.6) is 0 Å². The van der Waals surface area contributed by atoms with Gasteiger partial charge in [-0.2, -0.15) is 0 Å². The van der Waals surface area contributed by atoms with Gasteiger partial charge < -0.3 is 0 Å². The van der Waals surface area contributed by atoms with Crippen LogP contribution in [0.4, 0.5) is 0 Å². The van der Waals surface area contributed by atoms with E-state index < -0.39 is 0 Å². The highest BCUT2D eigenvalue weighted by atomic mass is 35.5. The second kappa shape index (κ2) is 7.15. The molecule has 0 nitrogen and oxygen atoms in total. The first-order valence-electron chi connectivity index (χ1n) is 8.25. The lowest BCUT2D eigenvalue weighted by molar-refractivity contribution is 0.376. The van der Waals surface area contributed by atoms with Gasteiger partial charge in [0, 0.05) is 5.02 Å². The van der Waals surface area contributed by atoms with E-state index in [0.29, 0.717) is 0 Å². The average Bonchev–Trinajstić information content (AvgIpc) is 2.57. The van der Waals surface area contributed by atoms with Gasteiger partial charge >= 0.3 is 0 Å². The maximum atomic E-state index is 5.96. The van der Waals surface area contributed by atoms with E-state index in [1.54, 1.807) is 0 Å². The molecule has 3 rings (SSSR count). The zero-order valence-corrected chi connectivity index (χ0v) is 13.9. The van der Waals surface area contributed by atoms with Gasteiger partial charge in [0.25, 0.3) is 0 Å². The summed E-state index contributed by atoms with van der Waals surface area (Å²) in [5, 5.41) is 0.790. The summed E-state index contributed by atoms with van der Waals surface area (Å²) in [6.07, 6.45) is 9.86. The molecule has 0 N–H and O–H groups in total. The Hall–Kier alpha value is -1.53. The lowest BCUT2D eigenvalue weighted by Crippen LogP contribution is -2.11. The van der Waals surface area contributed by atoms with E-state index in [-0.39, 0.29) is 0 Å². The molecule has 1 heteroatoms. The van der Waals surface area contributed by atoms with Crippen molar-refractivity contribution in [2.45, 2.75) is 38.5 Å². The molecule has 1 aliphatic carbocycles. The summed E-state index contributed by atoms with van der Waals surface area (Å²) in [4.78, 5) is 0. The Bertz CT molecular complexity index is 614. The summed E-state index contributed by atoms with van der Waals surface area (Å²) in [7, 11) is 0. The molecule has 0 bridgehead atoms. The Balaban J connectivity index is 1.68. The Labute approximate surface area is 138 Å². The molecule has 0 spiro atoms. The van der Waals surface area contributed by atoms with Gasteiger partial charge in [0.05, 0.1) is 0 Å². The first kappa shape index (κ1) is 15.4. The summed E-state index contributed by atoms with van der Waals surface area (Å²) < 4.78 is 0. The van der Waals surface area contributed by atoms with Crippen LogP contribution in [0.2, 0.25) is 5.02 Å². The molecule has 0 saturated heterocycles. The van der Waals surface area contributed by atoms with E-state index >= 15 is 0 Å². The van der Waals surface area contributed by atoms with Crippen LogP contribution in [0.3, 0.4) is 0 Å². The largest absolute Gasteiger partial charge is 0.0914 e. The number of rotatable bonds is 3. The molecule has 114 valence electrons. The van der Waals surface area contributed by atoms with Gasteiger partial charge in [0.15, 0.2) is 0 Å². The number of allylic oxidation sites excluding steroid dienone is 2. The van der Waals surface area contributed by atoms with Crippen molar-refractivity contribution in [1.29, 1.82) is 0 Å². The molecule has 0 aliphatic heterocycles. The monoisotopic (exact) mass is 310 g/mol. The molecule has 2 aromatic carbocycles. The lowest BCUT2D eigenvalue weighted by atomic mass is 9.78. The molecule has 0 unspecified atom stereocenters. The van der Waals surface area contributed by atoms with Crippen molar-refractivity contribution >= 4 is 11.6 Å². The Morgan fingerprint density at radius 2 is 1.36 bits per heavy atom. The van der Waals surface area contributed by atoms with Gasteiger partial charge in [-0.25, -0.2) is 0 Å². The van der Waals surface area contributed by atoms with Crippen LogP contribution in [-0.2, 0) is 0 Å². The van der Waals surface area contributed by atoms with Gasteiger partial charge in [-0.05, 0) is 73.3 Å². The summed E-state index contributed by atoms with van der Waals surface area (Å²) in [6.45, 7) is 2.13. The minimum Gasteiger partial charge on any atom is -0.0914 e. The van der Waals surface area contributed by atoms with E-state index in [1.807, 2.05) is 12.1 Å². The molecule has 1 fully saturated rings. The zero-order valence-electron chi connectivity index (χ0n) is 13.1. The van der Waals surface area contributed by atoms with Gasteiger partial charge in [-0.1, -0.05) is 60.2 Å². The van der Waals surface area contributed by atoms with Crippen molar-refractivity contribution in [3.05, 3.63) is 71.3 Å². The maximum absolute atomic E-state index is 5.96. The van der Waals surface area contributed by atoms with E-state index in [0.717, 1.165) is 16.9 Å². The molecule has 0 amide bonds. The third-order valence-electron chi connectivity index (χ3n) is 4.80. The first-order chi connectivity index (χ1) is 10.8. The summed E-state index contributed by atoms with van der Waals surface area (Å²) >= 11 is 5.96. The number of hydrogen-bond donors (Lipinski definition) is 0. The number of benzene rings is 2. The molecule has 0 atom stereocenters. The van der Waals surface area contributed by atoms with Crippen LogP contribution in [0.25, 0.3) is 11.1 Å². The minimum atomic E-state index is 0.737. The van der Waals surface area contributed by atoms with Crippen molar-refractivity contribution in [3.8, 4) is 11.1 Å². The zero-order chi connectivity index (χ0) is 15.4. The summed E-state index contributed by atoms with van der Waals surface area (Å²) in [6, 6.07) is 17.2. The molecule has 0 radical (unpaired) electrons. The quantitative estimate of drug-likeness (QED) is 0.543. The first-order valence-corrected chi connectivity index (χ1v) is 8.63. The van der Waals surface area contributed by atoms with Gasteiger partial charge in [0.1, 0.15) is 0 Å². The third-order valence-corrected chi connectivity index (χ3v) is 5.05. The van der Waals surface area contributed by atoms with Crippen LogP contribution in [-0.4, -0.2) is 0 Å². The fourth-order valence-electron chi connectivity index (χ4n) is 3.51. The number of halogens is 1. The highest BCUT2D eigenvalue weighted by Crippen LogP contribution is 2.36. The molecule has 1 aliphatic rings. The van der Waals surface area contributed by atoms with Crippen LogP contribution in [0.15, 0.2) is 60.7 Å². The van der Waals surface area contributed by atoms with Gasteiger partial charge in [-0.3, -0.25) is 0 Å². The molecule has 0 aromatic heterocycles. The van der Waals surface area contributed by atoms with E-state index in [9.17, 15) is 0 Å². The van der Waals surface area contributed by atoms with E-state index in [1.165, 1.54) is 42.4 Å². The smallest absolute Gasteiger partial charge is 0.0406 e. The van der Waals surface area contributed by atoms with Crippen LogP contribution < -0.4 is 0 Å². The second-order valence-electron chi connectivity index (χ2n) is 6.27. The average molecular weight is 311 g/mol. The van der Waals surface area contributed by atoms with Crippen LogP contribution in [0.1, 0.15) is 44.1 Å². The fraction of sp³-hybridized carbons (Fsp3) is 0.333. The Kier molecular flexibility index (Phi) is 5.00. The highest BCUT2D eigenvalue weighted by molar-refractivity contribution is 6.30. The van der Waals surface area contributed by atoms with E-state index in [2.05, 4.69) is 55.5 Å². The molecular formula is C21H23Cl. The SMILES string of the molecule is C/C=C/C1CCC(c2ccc(-c3ccc(Cl)cc3)cc2)CC1. The molecule has 22 heavy (non-hydrogen) atoms. The van der Waals surface area contributed by atoms with Gasteiger partial charge in [-0.15, -0.1) is 0 Å². The summed E-state index contributed by atoms with van der Waals surface area (Å²) in [5.74, 6) is 1.54. The minimum absolute atomic E-state index is 0.737. The van der Waals surface area contributed by atoms with Crippen LogP contribution in [0, 0.1) is 5.92 Å². The molecule has 0 heterocycles. The van der Waals surface area contributed by atoms with Crippen molar-refractivity contribution in [2.75, 3.05) is 0 Å². The van der Waals surface area contributed by atoms with Crippen molar-refractivity contribution in [2.24, 2.45) is 5.92 Å². The maximum Gasteiger partial charge on any atom is 0.0406 e. The Morgan fingerprint density at radius 3 is 1.91 bits per heavy atom. The second-order valence-corrected chi connectivity index (χ2v) is 6.70. The van der Waals surface area contributed by atoms with Crippen molar-refractivity contribution in [3.63, 3.8) is 0 Å². The van der Waals surface area contributed by atoms with E-state index in [4.69, 9.17) is 11.6 Å². The summed E-state index contributed by atoms with van der Waals surface area (Å²) in [5.41, 5.74) is 3.99. The predicted octanol–water partition coefficient (Wildman–Crippen LogP) is 6.86. The lowest BCUT2D eigenvalue weighted by Gasteiger charge is -2.27. The molecule has 1 saturated carbocycles.